The first-order valence-corrected chi connectivity index (χ1v) is 9.74. The van der Waals surface area contributed by atoms with Crippen LogP contribution < -0.4 is 0 Å². The first-order valence-electron chi connectivity index (χ1n) is 9.74. The maximum absolute atomic E-state index is 2.37. The topological polar surface area (TPSA) is 0 Å². The van der Waals surface area contributed by atoms with Crippen LogP contribution in [0.2, 0.25) is 0 Å². The van der Waals surface area contributed by atoms with Crippen LogP contribution in [0.15, 0.2) is 0 Å². The molecule has 0 aromatic carbocycles. The second-order valence-electron chi connectivity index (χ2n) is 6.97. The molecular weight excluding hydrogens is 240 g/mol. The van der Waals surface area contributed by atoms with Crippen LogP contribution in [0.3, 0.4) is 0 Å². The van der Waals surface area contributed by atoms with Crippen LogP contribution in [-0.4, -0.2) is 0 Å². The van der Waals surface area contributed by atoms with Crippen LogP contribution in [0.5, 0.6) is 0 Å². The summed E-state index contributed by atoms with van der Waals surface area (Å²) >= 11 is 0. The highest BCUT2D eigenvalue weighted by Gasteiger charge is 2.26. The van der Waals surface area contributed by atoms with Gasteiger partial charge in [0.1, 0.15) is 0 Å². The number of unbranched alkanes of at least 4 members (excludes halogenated alkanes) is 7. The van der Waals surface area contributed by atoms with Gasteiger partial charge in [0.15, 0.2) is 0 Å². The highest BCUT2D eigenvalue weighted by atomic mass is 14.3. The standard InChI is InChI=1S/C20H42/c1-5-9-10-11-12-13-14-15-19-20(16-6-2,17-7-3)18-8-4/h5-19H2,1-4H3. The van der Waals surface area contributed by atoms with E-state index >= 15 is 0 Å². The van der Waals surface area contributed by atoms with E-state index in [1.54, 1.807) is 0 Å². The summed E-state index contributed by atoms with van der Waals surface area (Å²) < 4.78 is 0. The molecule has 20 heavy (non-hydrogen) atoms. The molecule has 0 nitrogen and oxygen atoms in total. The summed E-state index contributed by atoms with van der Waals surface area (Å²) in [6.45, 7) is 9.41. The SMILES string of the molecule is CCCCCCCCCCC(CCC)(CCC)CCC. The Morgan fingerprint density at radius 1 is 0.400 bits per heavy atom. The Labute approximate surface area is 130 Å². The summed E-state index contributed by atoms with van der Waals surface area (Å²) in [5, 5.41) is 0. The van der Waals surface area contributed by atoms with Gasteiger partial charge in [-0.15, -0.1) is 0 Å². The molecule has 0 aliphatic heterocycles. The average molecular weight is 283 g/mol. The molecule has 0 aromatic rings. The van der Waals surface area contributed by atoms with Gasteiger partial charge < -0.3 is 0 Å². The fraction of sp³-hybridized carbons (Fsp3) is 1.00. The van der Waals surface area contributed by atoms with E-state index in [2.05, 4.69) is 27.7 Å². The summed E-state index contributed by atoms with van der Waals surface area (Å²) in [5.74, 6) is 0. The molecule has 0 amide bonds. The van der Waals surface area contributed by atoms with Crippen LogP contribution in [0.4, 0.5) is 0 Å². The van der Waals surface area contributed by atoms with E-state index in [1.165, 1.54) is 96.3 Å². The second-order valence-corrected chi connectivity index (χ2v) is 6.97. The molecule has 0 unspecified atom stereocenters. The highest BCUT2D eigenvalue weighted by molar-refractivity contribution is 4.78. The van der Waals surface area contributed by atoms with E-state index in [4.69, 9.17) is 0 Å². The number of hydrogen-bond donors (Lipinski definition) is 0. The lowest BCUT2D eigenvalue weighted by atomic mass is 9.72. The third-order valence-corrected chi connectivity index (χ3v) is 4.90. The quantitative estimate of drug-likeness (QED) is 0.268. The predicted molar refractivity (Wildman–Crippen MR) is 94.4 cm³/mol. The van der Waals surface area contributed by atoms with E-state index in [0.717, 1.165) is 0 Å². The van der Waals surface area contributed by atoms with Crippen molar-refractivity contribution in [1.29, 1.82) is 0 Å². The van der Waals surface area contributed by atoms with Crippen molar-refractivity contribution >= 4 is 0 Å². The highest BCUT2D eigenvalue weighted by Crippen LogP contribution is 2.40. The van der Waals surface area contributed by atoms with Crippen molar-refractivity contribution in [2.24, 2.45) is 5.41 Å². The van der Waals surface area contributed by atoms with Crippen molar-refractivity contribution in [3.8, 4) is 0 Å². The van der Waals surface area contributed by atoms with Gasteiger partial charge in [-0.3, -0.25) is 0 Å². The lowest BCUT2D eigenvalue weighted by molar-refractivity contribution is 0.185. The average Bonchev–Trinajstić information content (AvgIpc) is 2.43. The minimum Gasteiger partial charge on any atom is -0.0654 e. The normalized spacial score (nSPS) is 12.0. The largest absolute Gasteiger partial charge is 0.0654 e. The van der Waals surface area contributed by atoms with Crippen LogP contribution in [0, 0.1) is 5.41 Å². The maximum Gasteiger partial charge on any atom is -0.0298 e. The zero-order chi connectivity index (χ0) is 15.1. The summed E-state index contributed by atoms with van der Waals surface area (Å²) in [7, 11) is 0. The third kappa shape index (κ3) is 9.83. The lowest BCUT2D eigenvalue weighted by Crippen LogP contribution is -2.20. The van der Waals surface area contributed by atoms with Gasteiger partial charge in [0.05, 0.1) is 0 Å². The molecule has 0 aliphatic carbocycles. The van der Waals surface area contributed by atoms with Gasteiger partial charge in [0.25, 0.3) is 0 Å². The van der Waals surface area contributed by atoms with Crippen LogP contribution >= 0.6 is 0 Å². The molecule has 0 saturated carbocycles. The fourth-order valence-electron chi connectivity index (χ4n) is 3.97. The van der Waals surface area contributed by atoms with Crippen LogP contribution in [0.25, 0.3) is 0 Å². The summed E-state index contributed by atoms with van der Waals surface area (Å²) in [5.41, 5.74) is 0.695. The zero-order valence-corrected chi connectivity index (χ0v) is 15.1. The Kier molecular flexibility index (Phi) is 14.0. The zero-order valence-electron chi connectivity index (χ0n) is 15.1. The molecule has 0 aliphatic rings. The number of rotatable bonds is 15. The predicted octanol–water partition coefficient (Wildman–Crippen LogP) is 7.90. The molecule has 0 heteroatoms. The van der Waals surface area contributed by atoms with Crippen molar-refractivity contribution in [3.05, 3.63) is 0 Å². The minimum absolute atomic E-state index is 0.695. The molecule has 0 saturated heterocycles. The van der Waals surface area contributed by atoms with Gasteiger partial charge >= 0.3 is 0 Å². The summed E-state index contributed by atoms with van der Waals surface area (Å²) in [6, 6.07) is 0. The minimum atomic E-state index is 0.695. The number of hydrogen-bond acceptors (Lipinski definition) is 0. The van der Waals surface area contributed by atoms with Gasteiger partial charge in [0, 0.05) is 0 Å². The fourth-order valence-corrected chi connectivity index (χ4v) is 3.97. The van der Waals surface area contributed by atoms with Crippen molar-refractivity contribution in [2.45, 2.75) is 124 Å². The van der Waals surface area contributed by atoms with Gasteiger partial charge in [-0.05, 0) is 31.1 Å². The molecule has 122 valence electrons. The summed E-state index contributed by atoms with van der Waals surface area (Å²) in [6.07, 6.45) is 21.6. The van der Waals surface area contributed by atoms with E-state index in [9.17, 15) is 0 Å². The molecule has 0 N–H and O–H groups in total. The molecule has 0 fully saturated rings. The van der Waals surface area contributed by atoms with Crippen molar-refractivity contribution in [2.75, 3.05) is 0 Å². The molecule has 0 atom stereocenters. The van der Waals surface area contributed by atoms with E-state index < -0.39 is 0 Å². The Balaban J connectivity index is 3.82. The molecule has 0 rings (SSSR count). The first-order chi connectivity index (χ1) is 9.74. The molecule has 0 heterocycles. The molecular formula is C20H42. The van der Waals surface area contributed by atoms with E-state index in [0.29, 0.717) is 5.41 Å². The van der Waals surface area contributed by atoms with Crippen LogP contribution in [-0.2, 0) is 0 Å². The molecule has 0 bridgehead atoms. The van der Waals surface area contributed by atoms with Crippen molar-refractivity contribution in [3.63, 3.8) is 0 Å². The summed E-state index contributed by atoms with van der Waals surface area (Å²) in [4.78, 5) is 0. The molecule has 0 aromatic heterocycles. The third-order valence-electron chi connectivity index (χ3n) is 4.90. The Bertz CT molecular complexity index is 165. The second kappa shape index (κ2) is 14.0. The Morgan fingerprint density at radius 2 is 0.800 bits per heavy atom. The molecule has 0 spiro atoms. The first kappa shape index (κ1) is 20.0. The lowest BCUT2D eigenvalue weighted by Gasteiger charge is -2.34. The van der Waals surface area contributed by atoms with Gasteiger partial charge in [-0.2, -0.15) is 0 Å². The van der Waals surface area contributed by atoms with E-state index in [1.807, 2.05) is 0 Å². The van der Waals surface area contributed by atoms with Crippen molar-refractivity contribution in [1.82, 2.24) is 0 Å². The molecule has 0 radical (unpaired) electrons. The van der Waals surface area contributed by atoms with Gasteiger partial charge in [-0.1, -0.05) is 98.3 Å². The monoisotopic (exact) mass is 282 g/mol. The maximum atomic E-state index is 2.37. The van der Waals surface area contributed by atoms with Crippen LogP contribution in [0.1, 0.15) is 124 Å². The Hall–Kier alpha value is 0. The van der Waals surface area contributed by atoms with Gasteiger partial charge in [-0.25, -0.2) is 0 Å². The van der Waals surface area contributed by atoms with Gasteiger partial charge in [0.2, 0.25) is 0 Å². The van der Waals surface area contributed by atoms with Crippen molar-refractivity contribution < 1.29 is 0 Å². The smallest absolute Gasteiger partial charge is 0.0298 e. The Morgan fingerprint density at radius 3 is 1.20 bits per heavy atom. The van der Waals surface area contributed by atoms with E-state index in [-0.39, 0.29) is 0 Å².